The third-order valence-corrected chi connectivity index (χ3v) is 20.5. The minimum Gasteiger partial charge on any atom is -0.508 e. The molecule has 4 aliphatic carbocycles. The van der Waals surface area contributed by atoms with Gasteiger partial charge in [-0.25, -0.2) is 0 Å². The summed E-state index contributed by atoms with van der Waals surface area (Å²) in [5, 5.41) is 124. The standard InChI is InChI=1S/C69H77Cl2N9O21/c1-25(2)10-39(73-3)62(91)79-54-56(86)29-5-8-43(37(70)17-29)98-45-19-33-20-46(61(45)101-69-60(90)59(89)58(88)47(24-81)100-69)99-44-9-6-30(18-38(44)71)57(87)55-68(97)78-53(66(95)75-50-31-12-26-11-27(14-31)15-32(50)13-26)36-21-34(82)22-42(84)49(36)35-16-28(4-7-41(35)83)51(64(93)80-55)77-65(94)52(33)76-63(92)40(23-48(72)85)74-67(54)96/h4-9,16-22,25-27,31-32,39-40,47,50-60,69,73,81-84,86-90H,10-15,23-24H2,1-3H3,(H2,72,85)(H,74,96)(H,75,95)(H,76,92)(H,77,94)(H,78,97)(H,79,91)(H,80,93)/t26?,27?,31?,32?,39-,40+,47?,50?,51-,52-,53+,54-,55+,56-,57-,58?,59?,60?,69?/m1/s1. The maximum absolute atomic E-state index is 16.0. The molecule has 101 heavy (non-hydrogen) atoms. The summed E-state index contributed by atoms with van der Waals surface area (Å²) >= 11 is 14.1. The van der Waals surface area contributed by atoms with Crippen molar-refractivity contribution in [1.29, 1.82) is 0 Å². The summed E-state index contributed by atoms with van der Waals surface area (Å²) in [6, 6.07) is 0.653. The van der Waals surface area contributed by atoms with Crippen LogP contribution in [-0.4, -0.2) is 168 Å². The number of aromatic hydroxyl groups is 3. The van der Waals surface area contributed by atoms with Gasteiger partial charge >= 0.3 is 0 Å². The van der Waals surface area contributed by atoms with Gasteiger partial charge in [0.2, 0.25) is 59.3 Å². The summed E-state index contributed by atoms with van der Waals surface area (Å²) in [6.45, 7) is 2.73. The van der Waals surface area contributed by atoms with E-state index in [4.69, 9.17) is 47.9 Å². The number of fused-ring (bicyclic) bond motifs is 15. The molecule has 5 aromatic rings. The number of aliphatic hydroxyl groups is 6. The topological polar surface area (TPSA) is 478 Å². The van der Waals surface area contributed by atoms with Crippen molar-refractivity contribution in [3.8, 4) is 57.1 Å². The van der Waals surface area contributed by atoms with Gasteiger partial charge in [-0.2, -0.15) is 0 Å². The van der Waals surface area contributed by atoms with Crippen molar-refractivity contribution >= 4 is 70.5 Å². The number of nitrogens with two attached hydrogens (primary N) is 1. The number of hydrogen-bond acceptors (Lipinski definition) is 22. The van der Waals surface area contributed by atoms with Gasteiger partial charge in [0, 0.05) is 23.2 Å². The molecule has 0 radical (unpaired) electrons. The number of ether oxygens (including phenoxy) is 4. The first-order chi connectivity index (χ1) is 48.1. The lowest BCUT2D eigenvalue weighted by molar-refractivity contribution is -0.277. The number of phenols is 3. The van der Waals surface area contributed by atoms with Gasteiger partial charge in [-0.15, -0.1) is 0 Å². The Morgan fingerprint density at radius 2 is 1.23 bits per heavy atom. The lowest BCUT2D eigenvalue weighted by atomic mass is 9.54. The number of likely N-dealkylation sites (N-methyl/N-ethyl adjacent to an activating group) is 1. The largest absolute Gasteiger partial charge is 0.508 e. The third kappa shape index (κ3) is 14.6. The van der Waals surface area contributed by atoms with Crippen LogP contribution in [0.4, 0.5) is 0 Å². The van der Waals surface area contributed by atoms with Crippen molar-refractivity contribution in [2.45, 2.75) is 150 Å². The molecule has 8 amide bonds. The van der Waals surface area contributed by atoms with Crippen molar-refractivity contribution < 1.29 is 103 Å². The first kappa shape index (κ1) is 71.7. The quantitative estimate of drug-likeness (QED) is 0.0845. The summed E-state index contributed by atoms with van der Waals surface area (Å²) in [6.07, 6.45) is -10.2. The predicted molar refractivity (Wildman–Crippen MR) is 354 cm³/mol. The maximum Gasteiger partial charge on any atom is 0.248 e. The number of benzene rings is 5. The number of carbonyl (C=O) groups excluding carboxylic acids is 8. The number of nitrogens with one attached hydrogen (secondary N) is 8. The van der Waals surface area contributed by atoms with Crippen LogP contribution in [0.25, 0.3) is 11.1 Å². The number of hydrogen-bond donors (Lipinski definition) is 18. The van der Waals surface area contributed by atoms with Gasteiger partial charge in [0.1, 0.15) is 102 Å². The van der Waals surface area contributed by atoms with E-state index in [9.17, 15) is 60.3 Å². The Labute approximate surface area is 586 Å². The van der Waals surface area contributed by atoms with Crippen LogP contribution >= 0.6 is 23.2 Å². The molecule has 4 saturated carbocycles. The summed E-state index contributed by atoms with van der Waals surface area (Å²) in [4.78, 5) is 120. The Kier molecular flexibility index (Phi) is 20.7. The smallest absolute Gasteiger partial charge is 0.248 e. The molecule has 0 spiro atoms. The molecule has 5 fully saturated rings. The fourth-order valence-corrected chi connectivity index (χ4v) is 15.6. The fourth-order valence-electron chi connectivity index (χ4n) is 15.1. The Morgan fingerprint density at radius 3 is 1.82 bits per heavy atom. The van der Waals surface area contributed by atoms with Gasteiger partial charge in [0.05, 0.1) is 29.1 Å². The Bertz CT molecular complexity index is 4100. The molecule has 6 aliphatic heterocycles. The molecule has 0 aromatic heterocycles. The van der Waals surface area contributed by atoms with Gasteiger partial charge in [-0.1, -0.05) is 55.2 Å². The van der Waals surface area contributed by atoms with Crippen molar-refractivity contribution in [2.75, 3.05) is 13.7 Å². The molecule has 5 aromatic carbocycles. The third-order valence-electron chi connectivity index (χ3n) is 19.9. The Balaban J connectivity index is 1.06. The highest BCUT2D eigenvalue weighted by Gasteiger charge is 2.51. The Morgan fingerprint density at radius 1 is 0.634 bits per heavy atom. The van der Waals surface area contributed by atoms with Crippen LogP contribution in [0.15, 0.2) is 78.9 Å². The second-order valence-electron chi connectivity index (χ2n) is 27.3. The predicted octanol–water partition coefficient (Wildman–Crippen LogP) is 1.73. The highest BCUT2D eigenvalue weighted by Crippen LogP contribution is 2.55. The first-order valence-corrected chi connectivity index (χ1v) is 33.7. The zero-order valence-corrected chi connectivity index (χ0v) is 56.0. The molecular weight excluding hydrogens is 1360 g/mol. The van der Waals surface area contributed by atoms with Gasteiger partial charge in [-0.05, 0) is 158 Å². The number of aliphatic hydroxyl groups excluding tert-OH is 6. The highest BCUT2D eigenvalue weighted by atomic mass is 35.5. The number of rotatable bonds is 12. The zero-order chi connectivity index (χ0) is 72.3. The van der Waals surface area contributed by atoms with Crippen LogP contribution < -0.4 is 62.5 Å². The van der Waals surface area contributed by atoms with Crippen LogP contribution in [0.5, 0.6) is 46.0 Å². The average molecular weight is 1440 g/mol. The van der Waals surface area contributed by atoms with E-state index < -0.39 is 186 Å². The molecule has 19 N–H and O–H groups in total. The zero-order valence-electron chi connectivity index (χ0n) is 54.5. The summed E-state index contributed by atoms with van der Waals surface area (Å²) < 4.78 is 25.2. The van der Waals surface area contributed by atoms with Gasteiger partial charge in [0.25, 0.3) is 0 Å². The van der Waals surface area contributed by atoms with E-state index in [-0.39, 0.29) is 85.1 Å². The number of phenolic OH excluding ortho intramolecular Hbond substituents is 3. The van der Waals surface area contributed by atoms with Crippen LogP contribution in [0.3, 0.4) is 0 Å². The number of primary amides is 1. The fraction of sp³-hybridized carbons (Fsp3) is 0.449. The van der Waals surface area contributed by atoms with E-state index in [1.807, 2.05) is 13.8 Å². The second-order valence-corrected chi connectivity index (χ2v) is 28.1. The molecular formula is C69H77Cl2N9O21. The lowest BCUT2D eigenvalue weighted by Crippen LogP contribution is -2.60. The summed E-state index contributed by atoms with van der Waals surface area (Å²) in [7, 11) is 1.49. The SMILES string of the molecule is CN[C@H](CC(C)C)C(=O)N[C@H]1C(=O)N[C@@H](CC(N)=O)C(=O)N[C@H]2C(=O)N[C@H]3C(=O)N[C@H](C(=O)N[C@H](C(=O)NC4C5CC6CC(C5)CC4C6)c4cc(O)cc(O)c4-c4cc3ccc4O)[C@H](O)c3ccc(c(Cl)c3)Oc3cc2cc(c3OC2OC(CO)C(O)C(O)C2O)Oc2ccc(cc2Cl)[C@H]1O. The van der Waals surface area contributed by atoms with Crippen molar-refractivity contribution in [3.05, 3.63) is 117 Å². The van der Waals surface area contributed by atoms with Crippen molar-refractivity contribution in [2.24, 2.45) is 35.3 Å². The van der Waals surface area contributed by atoms with E-state index in [0.717, 1.165) is 86.7 Å². The van der Waals surface area contributed by atoms with Crippen LogP contribution in [0.2, 0.25) is 10.0 Å². The lowest BCUT2D eigenvalue weighted by Gasteiger charge is -2.54. The minimum absolute atomic E-state index is 0.0771. The van der Waals surface area contributed by atoms with Crippen molar-refractivity contribution in [1.82, 2.24) is 42.5 Å². The first-order valence-electron chi connectivity index (χ1n) is 33.0. The highest BCUT2D eigenvalue weighted by molar-refractivity contribution is 6.32. The number of halogens is 2. The summed E-state index contributed by atoms with van der Waals surface area (Å²) in [5.41, 5.74) is 3.76. The molecule has 10 aliphatic rings. The average Bonchev–Trinajstić information content (AvgIpc) is 0.765. The molecule has 6 heterocycles. The molecule has 30 nitrogen and oxygen atoms in total. The molecule has 15 bridgehead atoms. The molecule has 538 valence electrons. The number of carbonyl (C=O) groups is 8. The molecule has 1 saturated heterocycles. The monoisotopic (exact) mass is 1440 g/mol. The molecule has 32 heteroatoms. The molecule has 5 unspecified atom stereocenters. The second kappa shape index (κ2) is 29.1. The minimum atomic E-state index is -2.29. The van der Waals surface area contributed by atoms with E-state index >= 15 is 24.0 Å². The Hall–Kier alpha value is -9.08. The molecule has 15 rings (SSSR count). The van der Waals surface area contributed by atoms with Crippen LogP contribution in [0.1, 0.15) is 117 Å². The van der Waals surface area contributed by atoms with Crippen molar-refractivity contribution in [3.63, 3.8) is 0 Å². The van der Waals surface area contributed by atoms with E-state index in [1.165, 1.54) is 31.3 Å². The van der Waals surface area contributed by atoms with Gasteiger partial charge in [0.15, 0.2) is 11.5 Å². The van der Waals surface area contributed by atoms with Crippen LogP contribution in [-0.2, 0) is 43.1 Å². The van der Waals surface area contributed by atoms with E-state index in [0.29, 0.717) is 11.8 Å². The normalized spacial score (nSPS) is 30.2. The summed E-state index contributed by atoms with van der Waals surface area (Å²) in [5.74, 6) is -12.8. The van der Waals surface area contributed by atoms with Gasteiger partial charge in [-0.3, -0.25) is 38.4 Å². The van der Waals surface area contributed by atoms with Crippen LogP contribution in [0, 0.1) is 29.6 Å². The van der Waals surface area contributed by atoms with E-state index in [1.54, 1.807) is 0 Å². The van der Waals surface area contributed by atoms with Gasteiger partial charge < -0.3 is 113 Å². The maximum atomic E-state index is 16.0. The molecule has 14 atom stereocenters. The van der Waals surface area contributed by atoms with E-state index in [2.05, 4.69) is 42.5 Å². The number of amides is 8.